The van der Waals surface area contributed by atoms with Crippen molar-refractivity contribution in [3.63, 3.8) is 0 Å². The first kappa shape index (κ1) is 15.6. The number of nitrogens with zero attached hydrogens (tertiary/aromatic N) is 1. The quantitative estimate of drug-likeness (QED) is 0.887. The van der Waals surface area contributed by atoms with E-state index in [0.29, 0.717) is 18.4 Å². The van der Waals surface area contributed by atoms with Crippen LogP contribution in [0.5, 0.6) is 0 Å². The molecule has 0 spiro atoms. The van der Waals surface area contributed by atoms with Gasteiger partial charge in [0, 0.05) is 23.5 Å². The van der Waals surface area contributed by atoms with Gasteiger partial charge in [-0.2, -0.15) is 0 Å². The van der Waals surface area contributed by atoms with Gasteiger partial charge in [-0.05, 0) is 63.6 Å². The average molecular weight is 323 g/mol. The van der Waals surface area contributed by atoms with Crippen LogP contribution in [0.3, 0.4) is 0 Å². The Kier molecular flexibility index (Phi) is 3.61. The fourth-order valence-corrected chi connectivity index (χ4v) is 3.50. The number of carbonyl (C=O) groups is 1. The van der Waals surface area contributed by atoms with E-state index in [1.165, 1.54) is 12.8 Å². The Morgan fingerprint density at radius 3 is 2.67 bits per heavy atom. The number of hydrogen-bond acceptors (Lipinski definition) is 3. The van der Waals surface area contributed by atoms with Crippen LogP contribution in [0, 0.1) is 12.8 Å². The van der Waals surface area contributed by atoms with Gasteiger partial charge < -0.3 is 11.1 Å². The second-order valence-corrected chi connectivity index (χ2v) is 7.74. The molecule has 0 saturated heterocycles. The number of aryl methyl sites for hydroxylation is 1. The molecule has 0 aliphatic heterocycles. The standard InChI is InChI=1S/C20H25N3O/c1-12-3-8-17-15(9-12)16(10-18(22-17)13-4-5-13)19(24)23-20(2,11-21)14-6-7-14/h3,8-10,13-14H,4-7,11,21H2,1-2H3,(H,23,24). The van der Waals surface area contributed by atoms with Gasteiger partial charge in [0.2, 0.25) is 0 Å². The maximum absolute atomic E-state index is 13.1. The second kappa shape index (κ2) is 5.55. The van der Waals surface area contributed by atoms with Crippen LogP contribution in [-0.4, -0.2) is 23.0 Å². The van der Waals surface area contributed by atoms with Crippen LogP contribution in [0.25, 0.3) is 10.9 Å². The van der Waals surface area contributed by atoms with Crippen molar-refractivity contribution in [2.24, 2.45) is 11.7 Å². The molecule has 1 aromatic carbocycles. The molecule has 2 aliphatic carbocycles. The monoisotopic (exact) mass is 323 g/mol. The molecule has 4 rings (SSSR count). The number of benzene rings is 1. The van der Waals surface area contributed by atoms with Gasteiger partial charge in [0.25, 0.3) is 5.91 Å². The number of hydrogen-bond donors (Lipinski definition) is 2. The third-order valence-electron chi connectivity index (χ3n) is 5.53. The van der Waals surface area contributed by atoms with Crippen molar-refractivity contribution in [3.8, 4) is 0 Å². The fraction of sp³-hybridized carbons (Fsp3) is 0.500. The van der Waals surface area contributed by atoms with Crippen molar-refractivity contribution in [3.05, 3.63) is 41.1 Å². The van der Waals surface area contributed by atoms with Crippen LogP contribution >= 0.6 is 0 Å². The van der Waals surface area contributed by atoms with Gasteiger partial charge in [-0.25, -0.2) is 0 Å². The molecule has 2 aliphatic rings. The number of amides is 1. The highest BCUT2D eigenvalue weighted by atomic mass is 16.1. The molecule has 1 heterocycles. The van der Waals surface area contributed by atoms with E-state index in [0.717, 1.165) is 40.6 Å². The van der Waals surface area contributed by atoms with Crippen LogP contribution in [-0.2, 0) is 0 Å². The van der Waals surface area contributed by atoms with Crippen molar-refractivity contribution < 1.29 is 4.79 Å². The number of nitrogens with one attached hydrogen (secondary N) is 1. The molecule has 2 saturated carbocycles. The molecule has 2 fully saturated rings. The number of rotatable bonds is 5. The minimum absolute atomic E-state index is 0.0187. The van der Waals surface area contributed by atoms with Crippen molar-refractivity contribution in [2.75, 3.05) is 6.54 Å². The van der Waals surface area contributed by atoms with E-state index >= 15 is 0 Å². The largest absolute Gasteiger partial charge is 0.345 e. The highest BCUT2D eigenvalue weighted by molar-refractivity contribution is 6.06. The zero-order chi connectivity index (χ0) is 16.9. The molecule has 0 bridgehead atoms. The highest BCUT2D eigenvalue weighted by Crippen LogP contribution is 2.41. The first-order valence-electron chi connectivity index (χ1n) is 8.94. The average Bonchev–Trinajstić information content (AvgIpc) is 3.45. The molecular formula is C20H25N3O. The lowest BCUT2D eigenvalue weighted by Crippen LogP contribution is -2.53. The van der Waals surface area contributed by atoms with E-state index in [-0.39, 0.29) is 11.4 Å². The Bertz CT molecular complexity index is 808. The van der Waals surface area contributed by atoms with Gasteiger partial charge >= 0.3 is 0 Å². The first-order chi connectivity index (χ1) is 11.5. The molecule has 4 heteroatoms. The van der Waals surface area contributed by atoms with Gasteiger partial charge in [-0.15, -0.1) is 0 Å². The maximum atomic E-state index is 13.1. The Morgan fingerprint density at radius 1 is 1.29 bits per heavy atom. The van der Waals surface area contributed by atoms with Gasteiger partial charge in [0.15, 0.2) is 0 Å². The van der Waals surface area contributed by atoms with Crippen LogP contribution in [0.1, 0.15) is 60.1 Å². The summed E-state index contributed by atoms with van der Waals surface area (Å²) in [5, 5.41) is 4.16. The van der Waals surface area contributed by atoms with Crippen molar-refractivity contribution in [2.45, 2.75) is 51.0 Å². The van der Waals surface area contributed by atoms with E-state index in [1.54, 1.807) is 0 Å². The zero-order valence-corrected chi connectivity index (χ0v) is 14.4. The van der Waals surface area contributed by atoms with Crippen molar-refractivity contribution >= 4 is 16.8 Å². The Morgan fingerprint density at radius 2 is 2.04 bits per heavy atom. The summed E-state index contributed by atoms with van der Waals surface area (Å²) in [7, 11) is 0. The van der Waals surface area contributed by atoms with Crippen LogP contribution in [0.4, 0.5) is 0 Å². The summed E-state index contributed by atoms with van der Waals surface area (Å²) in [5.74, 6) is 1.01. The van der Waals surface area contributed by atoms with E-state index < -0.39 is 0 Å². The predicted molar refractivity (Wildman–Crippen MR) is 96.1 cm³/mol. The molecule has 1 unspecified atom stereocenters. The van der Waals surface area contributed by atoms with Crippen LogP contribution in [0.2, 0.25) is 0 Å². The topological polar surface area (TPSA) is 68.0 Å². The maximum Gasteiger partial charge on any atom is 0.252 e. The van der Waals surface area contributed by atoms with E-state index in [2.05, 4.69) is 24.4 Å². The molecule has 3 N–H and O–H groups in total. The third kappa shape index (κ3) is 2.80. The zero-order valence-electron chi connectivity index (χ0n) is 14.4. The molecule has 0 radical (unpaired) electrons. The lowest BCUT2D eigenvalue weighted by Gasteiger charge is -2.29. The second-order valence-electron chi connectivity index (χ2n) is 7.74. The van der Waals surface area contributed by atoms with Gasteiger partial charge in [-0.1, -0.05) is 11.6 Å². The molecule has 2 aromatic rings. The molecule has 4 nitrogen and oxygen atoms in total. The van der Waals surface area contributed by atoms with Crippen molar-refractivity contribution in [1.82, 2.24) is 10.3 Å². The molecular weight excluding hydrogens is 298 g/mol. The number of aromatic nitrogens is 1. The lowest BCUT2D eigenvalue weighted by atomic mass is 9.94. The lowest BCUT2D eigenvalue weighted by molar-refractivity contribution is 0.0899. The van der Waals surface area contributed by atoms with Gasteiger partial charge in [0.05, 0.1) is 16.6 Å². The summed E-state index contributed by atoms with van der Waals surface area (Å²) < 4.78 is 0. The Hall–Kier alpha value is -1.94. The minimum atomic E-state index is -0.309. The molecule has 126 valence electrons. The minimum Gasteiger partial charge on any atom is -0.345 e. The summed E-state index contributed by atoms with van der Waals surface area (Å²) in [6.45, 7) is 4.59. The smallest absolute Gasteiger partial charge is 0.252 e. The summed E-state index contributed by atoms with van der Waals surface area (Å²) in [4.78, 5) is 17.9. The van der Waals surface area contributed by atoms with Crippen LogP contribution < -0.4 is 11.1 Å². The first-order valence-corrected chi connectivity index (χ1v) is 8.94. The molecule has 1 atom stereocenters. The summed E-state index contributed by atoms with van der Waals surface area (Å²) in [6, 6.07) is 8.14. The van der Waals surface area contributed by atoms with E-state index in [4.69, 9.17) is 10.7 Å². The van der Waals surface area contributed by atoms with E-state index in [9.17, 15) is 4.79 Å². The summed E-state index contributed by atoms with van der Waals surface area (Å²) >= 11 is 0. The predicted octanol–water partition coefficient (Wildman–Crippen LogP) is 3.28. The normalized spacial score (nSPS) is 20.0. The van der Waals surface area contributed by atoms with Crippen LogP contribution in [0.15, 0.2) is 24.3 Å². The number of nitrogens with two attached hydrogens (primary N) is 1. The number of carbonyl (C=O) groups excluding carboxylic acids is 1. The molecule has 1 aromatic heterocycles. The Labute approximate surface area is 142 Å². The molecule has 24 heavy (non-hydrogen) atoms. The fourth-order valence-electron chi connectivity index (χ4n) is 3.50. The SMILES string of the molecule is Cc1ccc2nc(C3CC3)cc(C(=O)NC(C)(CN)C3CC3)c2c1. The summed E-state index contributed by atoms with van der Waals surface area (Å²) in [5.41, 5.74) is 9.51. The Balaban J connectivity index is 1.76. The number of fused-ring (bicyclic) bond motifs is 1. The number of pyridine rings is 1. The van der Waals surface area contributed by atoms with E-state index in [1.807, 2.05) is 19.1 Å². The van der Waals surface area contributed by atoms with Gasteiger partial charge in [-0.3, -0.25) is 9.78 Å². The van der Waals surface area contributed by atoms with Gasteiger partial charge in [0.1, 0.15) is 0 Å². The molecule has 1 amide bonds. The van der Waals surface area contributed by atoms with Crippen molar-refractivity contribution in [1.29, 1.82) is 0 Å². The highest BCUT2D eigenvalue weighted by Gasteiger charge is 2.42. The third-order valence-corrected chi connectivity index (χ3v) is 5.53. The summed E-state index contributed by atoms with van der Waals surface area (Å²) in [6.07, 6.45) is 4.65.